The molecule has 2 heterocycles. The molecule has 22 heavy (non-hydrogen) atoms. The first kappa shape index (κ1) is 14.4. The molecule has 0 saturated carbocycles. The van der Waals surface area contributed by atoms with E-state index in [4.69, 9.17) is 4.42 Å². The van der Waals surface area contributed by atoms with Crippen molar-refractivity contribution >= 4 is 0 Å². The fourth-order valence-corrected chi connectivity index (χ4v) is 2.17. The van der Waals surface area contributed by atoms with Gasteiger partial charge in [-0.15, -0.1) is 10.2 Å². The van der Waals surface area contributed by atoms with Gasteiger partial charge in [0.05, 0.1) is 6.20 Å². The minimum atomic E-state index is -0.258. The Bertz CT molecular complexity index is 712. The van der Waals surface area contributed by atoms with Crippen molar-refractivity contribution in [3.8, 4) is 11.5 Å². The second kappa shape index (κ2) is 6.48. The largest absolute Gasteiger partial charge is 0.445 e. The lowest BCUT2D eigenvalue weighted by Crippen LogP contribution is -2.23. The Hall–Kier alpha value is -2.54. The molecule has 0 saturated heterocycles. The molecule has 1 aromatic carbocycles. The quantitative estimate of drug-likeness (QED) is 0.698. The minimum Gasteiger partial charge on any atom is -0.445 e. The Labute approximate surface area is 127 Å². The number of aromatic nitrogens is 4. The Morgan fingerprint density at radius 3 is 2.77 bits per heavy atom. The lowest BCUT2D eigenvalue weighted by atomic mass is 10.1. The third-order valence-corrected chi connectivity index (χ3v) is 3.38. The zero-order valence-corrected chi connectivity index (χ0v) is 12.2. The van der Waals surface area contributed by atoms with Crippen LogP contribution in [0.3, 0.4) is 0 Å². The lowest BCUT2D eigenvalue weighted by molar-refractivity contribution is 0.306. The number of hydrogen-bond donors (Lipinski definition) is 0. The summed E-state index contributed by atoms with van der Waals surface area (Å²) in [7, 11) is 1.95. The van der Waals surface area contributed by atoms with Crippen LogP contribution in [0.15, 0.2) is 47.7 Å². The van der Waals surface area contributed by atoms with Crippen LogP contribution >= 0.6 is 0 Å². The van der Waals surface area contributed by atoms with Crippen molar-refractivity contribution in [3.05, 3.63) is 54.7 Å². The van der Waals surface area contributed by atoms with Crippen LogP contribution in [0, 0.1) is 5.82 Å². The molecule has 0 bridgehead atoms. The Morgan fingerprint density at radius 2 is 2.09 bits per heavy atom. The van der Waals surface area contributed by atoms with Crippen molar-refractivity contribution < 1.29 is 8.81 Å². The summed E-state index contributed by atoms with van der Waals surface area (Å²) in [6.07, 6.45) is 6.35. The highest BCUT2D eigenvalue weighted by Crippen LogP contribution is 2.20. The highest BCUT2D eigenvalue weighted by atomic mass is 19.1. The number of oxazole rings is 1. The number of rotatable bonds is 6. The first-order valence-electron chi connectivity index (χ1n) is 6.91. The van der Waals surface area contributed by atoms with E-state index in [-0.39, 0.29) is 5.82 Å². The fourth-order valence-electron chi connectivity index (χ4n) is 2.17. The smallest absolute Gasteiger partial charge is 0.225 e. The number of halogens is 1. The topological polar surface area (TPSA) is 60.0 Å². The number of hydrogen-bond acceptors (Lipinski definition) is 5. The van der Waals surface area contributed by atoms with E-state index in [0.29, 0.717) is 23.6 Å². The van der Waals surface area contributed by atoms with Crippen LogP contribution in [-0.4, -0.2) is 38.2 Å². The van der Waals surface area contributed by atoms with Gasteiger partial charge in [-0.1, -0.05) is 6.07 Å². The molecule has 0 atom stereocenters. The molecular formula is C15H16FN5O. The second-order valence-corrected chi connectivity index (χ2v) is 5.08. The van der Waals surface area contributed by atoms with Gasteiger partial charge >= 0.3 is 0 Å². The van der Waals surface area contributed by atoms with Crippen molar-refractivity contribution in [2.24, 2.45) is 0 Å². The SMILES string of the molecule is CN(CCn1cnnc1)Cc1ccc(-c2ncco2)cc1F. The summed E-state index contributed by atoms with van der Waals surface area (Å²) >= 11 is 0. The van der Waals surface area contributed by atoms with Crippen molar-refractivity contribution in [2.45, 2.75) is 13.1 Å². The molecule has 7 heteroatoms. The molecule has 2 aromatic heterocycles. The molecule has 0 amide bonds. The van der Waals surface area contributed by atoms with E-state index in [1.165, 1.54) is 12.3 Å². The molecule has 0 aliphatic heterocycles. The summed E-state index contributed by atoms with van der Waals surface area (Å²) in [4.78, 5) is 6.06. The van der Waals surface area contributed by atoms with Crippen LogP contribution in [0.1, 0.15) is 5.56 Å². The normalized spacial score (nSPS) is 11.2. The van der Waals surface area contributed by atoms with Crippen molar-refractivity contribution in [1.82, 2.24) is 24.6 Å². The van der Waals surface area contributed by atoms with Crippen LogP contribution in [0.2, 0.25) is 0 Å². The van der Waals surface area contributed by atoms with E-state index in [9.17, 15) is 4.39 Å². The maximum absolute atomic E-state index is 14.2. The molecule has 0 spiro atoms. The van der Waals surface area contributed by atoms with Gasteiger partial charge in [-0.3, -0.25) is 0 Å². The Kier molecular flexibility index (Phi) is 4.24. The van der Waals surface area contributed by atoms with Crippen molar-refractivity contribution in [3.63, 3.8) is 0 Å². The summed E-state index contributed by atoms with van der Waals surface area (Å²) in [5.74, 6) is 0.165. The third kappa shape index (κ3) is 3.37. The average molecular weight is 301 g/mol. The Morgan fingerprint density at radius 1 is 1.27 bits per heavy atom. The van der Waals surface area contributed by atoms with Gasteiger partial charge in [0.15, 0.2) is 0 Å². The molecule has 0 N–H and O–H groups in total. The van der Waals surface area contributed by atoms with E-state index >= 15 is 0 Å². The lowest BCUT2D eigenvalue weighted by Gasteiger charge is -2.17. The summed E-state index contributed by atoms with van der Waals surface area (Å²) in [5, 5.41) is 7.50. The molecule has 3 aromatic rings. The standard InChI is InChI=1S/C15H16FN5O/c1-20(5-6-21-10-18-19-11-21)9-13-3-2-12(8-14(13)16)15-17-4-7-22-15/h2-4,7-8,10-11H,5-6,9H2,1H3. The highest BCUT2D eigenvalue weighted by Gasteiger charge is 2.10. The molecule has 114 valence electrons. The highest BCUT2D eigenvalue weighted by molar-refractivity contribution is 5.53. The van der Waals surface area contributed by atoms with Gasteiger partial charge in [-0.25, -0.2) is 9.37 Å². The van der Waals surface area contributed by atoms with Crippen LogP contribution in [0.5, 0.6) is 0 Å². The van der Waals surface area contributed by atoms with Crippen LogP contribution in [-0.2, 0) is 13.1 Å². The average Bonchev–Trinajstić information content (AvgIpc) is 3.20. The second-order valence-electron chi connectivity index (χ2n) is 5.08. The zero-order chi connectivity index (χ0) is 15.4. The van der Waals surface area contributed by atoms with Crippen LogP contribution < -0.4 is 0 Å². The van der Waals surface area contributed by atoms with Gasteiger partial charge < -0.3 is 13.9 Å². The monoisotopic (exact) mass is 301 g/mol. The number of likely N-dealkylation sites (N-methyl/N-ethyl adjacent to an activating group) is 1. The summed E-state index contributed by atoms with van der Waals surface area (Å²) in [5.41, 5.74) is 1.28. The van der Waals surface area contributed by atoms with E-state index < -0.39 is 0 Å². The third-order valence-electron chi connectivity index (χ3n) is 3.38. The molecule has 3 rings (SSSR count). The fraction of sp³-hybridized carbons (Fsp3) is 0.267. The first-order valence-corrected chi connectivity index (χ1v) is 6.91. The summed E-state index contributed by atoms with van der Waals surface area (Å²) < 4.78 is 21.3. The molecular weight excluding hydrogens is 285 g/mol. The maximum atomic E-state index is 14.2. The maximum Gasteiger partial charge on any atom is 0.225 e. The molecule has 0 fully saturated rings. The first-order chi connectivity index (χ1) is 10.7. The van der Waals surface area contributed by atoms with Gasteiger partial charge in [0.2, 0.25) is 5.89 Å². The van der Waals surface area contributed by atoms with E-state index in [0.717, 1.165) is 13.1 Å². The van der Waals surface area contributed by atoms with Gasteiger partial charge in [0.1, 0.15) is 24.7 Å². The minimum absolute atomic E-state index is 0.258. The number of benzene rings is 1. The molecule has 6 nitrogen and oxygen atoms in total. The predicted molar refractivity (Wildman–Crippen MR) is 78.3 cm³/mol. The molecule has 0 unspecified atom stereocenters. The van der Waals surface area contributed by atoms with Crippen molar-refractivity contribution in [2.75, 3.05) is 13.6 Å². The van der Waals surface area contributed by atoms with Gasteiger partial charge in [-0.2, -0.15) is 0 Å². The van der Waals surface area contributed by atoms with E-state index in [1.807, 2.05) is 22.6 Å². The summed E-state index contributed by atoms with van der Waals surface area (Å²) in [6.45, 7) is 2.07. The molecule has 0 aliphatic rings. The predicted octanol–water partition coefficient (Wildman–Crippen LogP) is 2.20. The number of nitrogens with zero attached hydrogens (tertiary/aromatic N) is 5. The van der Waals surface area contributed by atoms with E-state index in [1.54, 1.807) is 24.9 Å². The zero-order valence-electron chi connectivity index (χ0n) is 12.2. The van der Waals surface area contributed by atoms with Crippen molar-refractivity contribution in [1.29, 1.82) is 0 Å². The van der Waals surface area contributed by atoms with E-state index in [2.05, 4.69) is 15.2 Å². The van der Waals surface area contributed by atoms with Gasteiger partial charge in [0.25, 0.3) is 0 Å². The molecule has 0 aliphatic carbocycles. The van der Waals surface area contributed by atoms with Crippen LogP contribution in [0.25, 0.3) is 11.5 Å². The van der Waals surface area contributed by atoms with Gasteiger partial charge in [0, 0.05) is 30.8 Å². The van der Waals surface area contributed by atoms with Crippen LogP contribution in [0.4, 0.5) is 4.39 Å². The Balaban J connectivity index is 1.62. The summed E-state index contributed by atoms with van der Waals surface area (Å²) in [6, 6.07) is 5.04. The molecule has 0 radical (unpaired) electrons. The van der Waals surface area contributed by atoms with Gasteiger partial charge in [-0.05, 0) is 19.2 Å².